The average molecular weight is 535 g/mol. The summed E-state index contributed by atoms with van der Waals surface area (Å²) in [6.45, 7) is 1.98. The number of carboxylic acids is 1. The number of para-hydroxylation sites is 2. The normalized spacial score (nSPS) is 9.67. The number of carbonyl (C=O) groups is 1. The molecule has 5 nitrogen and oxygen atoms in total. The Kier molecular flexibility index (Phi) is 7.29. The molecule has 4 aromatic rings. The molecule has 2 aromatic heterocycles. The molecular weight excluding hydrogens is 518 g/mol. The molecule has 0 aliphatic rings. The Hall–Kier alpha value is -2.95. The van der Waals surface area contributed by atoms with Crippen LogP contribution in [0.4, 0.5) is 0 Å². The molecule has 4 rings (SSSR count). The van der Waals surface area contributed by atoms with Crippen LogP contribution in [-0.2, 0) is 20.1 Å². The molecule has 2 heterocycles. The van der Waals surface area contributed by atoms with Crippen molar-refractivity contribution < 1.29 is 30.0 Å². The number of carboxylic acid groups (broad SMARTS) is 1. The van der Waals surface area contributed by atoms with E-state index in [9.17, 15) is 4.79 Å². The van der Waals surface area contributed by atoms with Crippen LogP contribution in [0.25, 0.3) is 22.3 Å². The van der Waals surface area contributed by atoms with E-state index >= 15 is 0 Å². The minimum absolute atomic E-state index is 0. The molecule has 0 amide bonds. The van der Waals surface area contributed by atoms with Crippen LogP contribution < -0.4 is 0 Å². The van der Waals surface area contributed by atoms with Crippen molar-refractivity contribution in [2.75, 3.05) is 0 Å². The number of hydrogen-bond donors (Lipinski definition) is 1. The minimum atomic E-state index is -0.990. The van der Waals surface area contributed by atoms with Crippen molar-refractivity contribution >= 4 is 17.0 Å². The summed E-state index contributed by atoms with van der Waals surface area (Å²) in [5, 5.41) is 8.32. The zero-order valence-corrected chi connectivity index (χ0v) is 16.9. The fourth-order valence-corrected chi connectivity index (χ4v) is 2.37. The molecule has 1 radical (unpaired) electrons. The Morgan fingerprint density at radius 2 is 1.59 bits per heavy atom. The summed E-state index contributed by atoms with van der Waals surface area (Å²) in [6.07, 6.45) is 1.45. The summed E-state index contributed by atoms with van der Waals surface area (Å²) in [4.78, 5) is 22.9. The van der Waals surface area contributed by atoms with Crippen LogP contribution in [0.5, 0.6) is 0 Å². The summed E-state index contributed by atoms with van der Waals surface area (Å²) >= 11 is 0. The molecule has 0 saturated carbocycles. The third-order valence-electron chi connectivity index (χ3n) is 3.59. The van der Waals surface area contributed by atoms with Crippen molar-refractivity contribution in [2.24, 2.45) is 0 Å². The van der Waals surface area contributed by atoms with Gasteiger partial charge < -0.3 is 5.11 Å². The molecule has 0 fully saturated rings. The van der Waals surface area contributed by atoms with Crippen LogP contribution in [0.1, 0.15) is 16.2 Å². The zero-order valence-electron chi connectivity index (χ0n) is 14.5. The van der Waals surface area contributed by atoms with Crippen LogP contribution in [0.15, 0.2) is 72.9 Å². The van der Waals surface area contributed by atoms with E-state index in [4.69, 9.17) is 5.11 Å². The Balaban J connectivity index is 0.000000224. The molecule has 0 saturated heterocycles. The van der Waals surface area contributed by atoms with E-state index in [0.717, 1.165) is 28.0 Å². The van der Waals surface area contributed by atoms with Gasteiger partial charge in [-0.15, -0.1) is 35.9 Å². The first-order chi connectivity index (χ1) is 12.6. The van der Waals surface area contributed by atoms with Crippen LogP contribution in [0.3, 0.4) is 0 Å². The van der Waals surface area contributed by atoms with Crippen molar-refractivity contribution in [3.8, 4) is 11.3 Å². The van der Waals surface area contributed by atoms with Gasteiger partial charge >= 0.3 is 5.97 Å². The number of fused-ring (bicyclic) bond motifs is 1. The monoisotopic (exact) mass is 535 g/mol. The molecule has 1 N–H and O–H groups in total. The zero-order chi connectivity index (χ0) is 18.4. The Morgan fingerprint density at radius 1 is 0.926 bits per heavy atom. The molecule has 0 unspecified atom stereocenters. The first-order valence-electron chi connectivity index (χ1n) is 8.00. The predicted octanol–water partition coefficient (Wildman–Crippen LogP) is 4.18. The maximum Gasteiger partial charge on any atom is 0.354 e. The van der Waals surface area contributed by atoms with Gasteiger partial charge in [-0.05, 0) is 31.2 Å². The number of hydrogen-bond acceptors (Lipinski definition) is 4. The van der Waals surface area contributed by atoms with Crippen LogP contribution >= 0.6 is 0 Å². The molecule has 0 atom stereocenters. The predicted molar refractivity (Wildman–Crippen MR) is 99.7 cm³/mol. The van der Waals surface area contributed by atoms with E-state index in [1.807, 2.05) is 55.5 Å². The van der Waals surface area contributed by atoms with E-state index in [-0.39, 0.29) is 25.8 Å². The van der Waals surface area contributed by atoms with Gasteiger partial charge in [0.2, 0.25) is 0 Å². The maximum atomic E-state index is 10.1. The summed E-state index contributed by atoms with van der Waals surface area (Å²) < 4.78 is 0. The van der Waals surface area contributed by atoms with Gasteiger partial charge in [-0.25, -0.2) is 9.78 Å². The van der Waals surface area contributed by atoms with Gasteiger partial charge in [-0.2, -0.15) is 0 Å². The Morgan fingerprint density at radius 3 is 2.15 bits per heavy atom. The molecule has 0 aliphatic carbocycles. The van der Waals surface area contributed by atoms with Gasteiger partial charge in [0.15, 0.2) is 0 Å². The Bertz CT molecular complexity index is 1030. The van der Waals surface area contributed by atoms with E-state index in [2.05, 4.69) is 21.0 Å². The SMILES string of the molecule is Cc1nc2ccccc2nc1-c1[c-]cccc1.O=C(O)c1ccccn1.[Ir]. The summed E-state index contributed by atoms with van der Waals surface area (Å²) in [5.41, 5.74) is 4.77. The number of aromatic carboxylic acids is 1. The molecule has 2 aromatic carbocycles. The van der Waals surface area contributed by atoms with Crippen molar-refractivity contribution in [3.05, 3.63) is 90.4 Å². The third kappa shape index (κ3) is 5.26. The first-order valence-corrected chi connectivity index (χ1v) is 8.00. The largest absolute Gasteiger partial charge is 0.477 e. The third-order valence-corrected chi connectivity index (χ3v) is 3.59. The second-order valence-electron chi connectivity index (χ2n) is 5.44. The van der Waals surface area contributed by atoms with Crippen molar-refractivity contribution in [1.82, 2.24) is 15.0 Å². The standard InChI is InChI=1S/C15H11N2.C6H5NO2.Ir/c1-11-15(12-7-3-2-4-8-12)17-14-10-6-5-9-13(14)16-11;8-6(9)5-3-1-2-4-7-5;/h2-7,9-10H,1H3;1-4H,(H,8,9);/q-1;;. The van der Waals surface area contributed by atoms with Crippen molar-refractivity contribution in [3.63, 3.8) is 0 Å². The molecule has 0 spiro atoms. The van der Waals surface area contributed by atoms with Gasteiger partial charge in [0.1, 0.15) is 5.69 Å². The van der Waals surface area contributed by atoms with Crippen molar-refractivity contribution in [2.45, 2.75) is 6.92 Å². The fraction of sp³-hybridized carbons (Fsp3) is 0.0476. The summed E-state index contributed by atoms with van der Waals surface area (Å²) in [5.74, 6) is -0.990. The van der Waals surface area contributed by atoms with Gasteiger partial charge in [-0.1, -0.05) is 18.2 Å². The van der Waals surface area contributed by atoms with E-state index in [0.29, 0.717) is 0 Å². The van der Waals surface area contributed by atoms with Crippen LogP contribution in [0.2, 0.25) is 0 Å². The number of benzene rings is 2. The second kappa shape index (κ2) is 9.67. The van der Waals surface area contributed by atoms with Crippen LogP contribution in [-0.4, -0.2) is 26.0 Å². The molecule has 6 heteroatoms. The number of pyridine rings is 1. The van der Waals surface area contributed by atoms with Gasteiger partial charge in [0, 0.05) is 37.7 Å². The van der Waals surface area contributed by atoms with Crippen molar-refractivity contribution in [1.29, 1.82) is 0 Å². The number of aryl methyl sites for hydroxylation is 1. The second-order valence-corrected chi connectivity index (χ2v) is 5.44. The number of rotatable bonds is 2. The average Bonchev–Trinajstić information content (AvgIpc) is 2.69. The molecule has 137 valence electrons. The number of nitrogens with zero attached hydrogens (tertiary/aromatic N) is 3. The van der Waals surface area contributed by atoms with Gasteiger partial charge in [0.05, 0.1) is 11.0 Å². The van der Waals surface area contributed by atoms with E-state index in [1.165, 1.54) is 12.3 Å². The van der Waals surface area contributed by atoms with Gasteiger partial charge in [0.25, 0.3) is 0 Å². The fourth-order valence-electron chi connectivity index (χ4n) is 2.37. The molecular formula is C21H16IrN3O2-. The topological polar surface area (TPSA) is 76.0 Å². The first kappa shape index (κ1) is 20.4. The number of aromatic nitrogens is 3. The molecule has 27 heavy (non-hydrogen) atoms. The van der Waals surface area contributed by atoms with E-state index in [1.54, 1.807) is 12.1 Å². The van der Waals surface area contributed by atoms with E-state index < -0.39 is 5.97 Å². The molecule has 0 bridgehead atoms. The van der Waals surface area contributed by atoms with Gasteiger partial charge in [-0.3, -0.25) is 9.97 Å². The minimum Gasteiger partial charge on any atom is -0.477 e. The smallest absolute Gasteiger partial charge is 0.354 e. The molecule has 0 aliphatic heterocycles. The summed E-state index contributed by atoms with van der Waals surface area (Å²) in [6, 6.07) is 23.7. The Labute approximate surface area is 170 Å². The quantitative estimate of drug-likeness (QED) is 0.391. The van der Waals surface area contributed by atoms with Crippen LogP contribution in [0, 0.1) is 13.0 Å². The maximum absolute atomic E-state index is 10.1. The summed E-state index contributed by atoms with van der Waals surface area (Å²) in [7, 11) is 0.